The van der Waals surface area contributed by atoms with E-state index in [9.17, 15) is 0 Å². The fourth-order valence-corrected chi connectivity index (χ4v) is 3.51. The van der Waals surface area contributed by atoms with Gasteiger partial charge in [0.15, 0.2) is 0 Å². The number of benzene rings is 2. The molecule has 0 spiro atoms. The van der Waals surface area contributed by atoms with Crippen molar-refractivity contribution in [2.24, 2.45) is 0 Å². The second-order valence-electron chi connectivity index (χ2n) is 7.78. The van der Waals surface area contributed by atoms with Crippen LogP contribution in [0.3, 0.4) is 0 Å². The summed E-state index contributed by atoms with van der Waals surface area (Å²) in [5.74, 6) is 0. The molecular weight excluding hydrogens is 372 g/mol. The summed E-state index contributed by atoms with van der Waals surface area (Å²) in [6.07, 6.45) is 4.46. The summed E-state index contributed by atoms with van der Waals surface area (Å²) in [7, 11) is 0. The second kappa shape index (κ2) is 13.7. The van der Waals surface area contributed by atoms with Crippen LogP contribution in [0.25, 0.3) is 0 Å². The van der Waals surface area contributed by atoms with E-state index in [-0.39, 0.29) is 0 Å². The van der Waals surface area contributed by atoms with Gasteiger partial charge in [-0.1, -0.05) is 12.1 Å². The fourth-order valence-electron chi connectivity index (χ4n) is 3.51. The predicted octanol–water partition coefficient (Wildman–Crippen LogP) is 3.79. The van der Waals surface area contributed by atoms with Gasteiger partial charge >= 0.3 is 0 Å². The third-order valence-corrected chi connectivity index (χ3v) is 5.16. The summed E-state index contributed by atoms with van der Waals surface area (Å²) in [4.78, 5) is 0. The monoisotopic (exact) mass is 410 g/mol. The Morgan fingerprint density at radius 1 is 0.400 bits per heavy atom. The van der Waals surface area contributed by atoms with Gasteiger partial charge < -0.3 is 31.9 Å². The van der Waals surface area contributed by atoms with E-state index in [1.165, 1.54) is 22.7 Å². The minimum Gasteiger partial charge on any atom is -0.385 e. The first-order valence-corrected chi connectivity index (χ1v) is 11.5. The molecule has 2 aromatic rings. The van der Waals surface area contributed by atoms with Crippen molar-refractivity contribution >= 4 is 22.7 Å². The average molecular weight is 411 g/mol. The summed E-state index contributed by atoms with van der Waals surface area (Å²) in [5, 5.41) is 21.2. The lowest BCUT2D eigenvalue weighted by molar-refractivity contribution is 0.642. The summed E-state index contributed by atoms with van der Waals surface area (Å²) < 4.78 is 0. The van der Waals surface area contributed by atoms with Crippen LogP contribution in [0, 0.1) is 0 Å². The van der Waals surface area contributed by atoms with Gasteiger partial charge in [-0.05, 0) is 88.3 Å². The van der Waals surface area contributed by atoms with Crippen LogP contribution in [-0.2, 0) is 0 Å². The highest BCUT2D eigenvalue weighted by molar-refractivity contribution is 5.57. The van der Waals surface area contributed by atoms with E-state index in [4.69, 9.17) is 0 Å². The molecule has 2 aromatic carbocycles. The number of fused-ring (bicyclic) bond motifs is 4. The lowest BCUT2D eigenvalue weighted by Crippen LogP contribution is -2.21. The Morgan fingerprint density at radius 3 is 1.00 bits per heavy atom. The molecule has 1 aliphatic heterocycles. The van der Waals surface area contributed by atoms with E-state index in [1.807, 2.05) is 0 Å². The van der Waals surface area contributed by atoms with Crippen molar-refractivity contribution < 1.29 is 0 Å². The SMILES string of the molecule is c1cc2cc(c1)NCCCNCCCNc1cccc(c1)NCCCNCCCN2. The molecule has 1 heterocycles. The summed E-state index contributed by atoms with van der Waals surface area (Å²) in [5.41, 5.74) is 4.75. The maximum Gasteiger partial charge on any atom is 0.0360 e. The Labute approximate surface area is 181 Å². The Bertz CT molecular complexity index is 608. The highest BCUT2D eigenvalue weighted by Gasteiger charge is 1.98. The molecule has 0 saturated heterocycles. The smallest absolute Gasteiger partial charge is 0.0360 e. The molecule has 0 saturated carbocycles. The molecule has 4 bridgehead atoms. The maximum atomic E-state index is 3.54. The summed E-state index contributed by atoms with van der Waals surface area (Å²) >= 11 is 0. The van der Waals surface area contributed by atoms with Crippen molar-refractivity contribution in [1.29, 1.82) is 0 Å². The largest absolute Gasteiger partial charge is 0.385 e. The molecule has 0 radical (unpaired) electrons. The van der Waals surface area contributed by atoms with Crippen molar-refractivity contribution in [1.82, 2.24) is 10.6 Å². The Hall–Kier alpha value is -2.44. The molecule has 0 aliphatic carbocycles. The van der Waals surface area contributed by atoms with Crippen LogP contribution in [0.2, 0.25) is 0 Å². The van der Waals surface area contributed by atoms with Crippen molar-refractivity contribution in [3.8, 4) is 0 Å². The minimum atomic E-state index is 0.985. The average Bonchev–Trinajstić information content (AvgIpc) is 2.77. The number of nitrogens with one attached hydrogen (secondary N) is 6. The van der Waals surface area contributed by atoms with Crippen LogP contribution >= 0.6 is 0 Å². The first-order chi connectivity index (χ1) is 14.9. The van der Waals surface area contributed by atoms with Crippen molar-refractivity contribution in [3.05, 3.63) is 48.5 Å². The second-order valence-corrected chi connectivity index (χ2v) is 7.78. The van der Waals surface area contributed by atoms with Crippen LogP contribution in [0.4, 0.5) is 22.7 Å². The van der Waals surface area contributed by atoms with Crippen molar-refractivity contribution in [2.75, 3.05) is 73.6 Å². The zero-order valence-corrected chi connectivity index (χ0v) is 18.1. The topological polar surface area (TPSA) is 72.2 Å². The molecule has 0 fully saturated rings. The van der Waals surface area contributed by atoms with E-state index >= 15 is 0 Å². The van der Waals surface area contributed by atoms with Gasteiger partial charge in [0.05, 0.1) is 0 Å². The molecule has 6 heteroatoms. The van der Waals surface area contributed by atoms with Gasteiger partial charge in [-0.3, -0.25) is 0 Å². The van der Waals surface area contributed by atoms with E-state index in [1.54, 1.807) is 0 Å². The van der Waals surface area contributed by atoms with Crippen molar-refractivity contribution in [2.45, 2.75) is 25.7 Å². The molecular formula is C24H38N6. The van der Waals surface area contributed by atoms with Gasteiger partial charge in [0.2, 0.25) is 0 Å². The van der Waals surface area contributed by atoms with Crippen molar-refractivity contribution in [3.63, 3.8) is 0 Å². The Balaban J connectivity index is 1.45. The quantitative estimate of drug-likeness (QED) is 0.397. The zero-order chi connectivity index (χ0) is 20.7. The first-order valence-electron chi connectivity index (χ1n) is 11.5. The highest BCUT2D eigenvalue weighted by atomic mass is 14.9. The Morgan fingerprint density at radius 2 is 0.700 bits per heavy atom. The van der Waals surface area contributed by atoms with E-state index in [0.717, 1.165) is 78.0 Å². The first kappa shape index (κ1) is 22.2. The van der Waals surface area contributed by atoms with Gasteiger partial charge in [-0.2, -0.15) is 0 Å². The molecule has 0 atom stereocenters. The number of anilines is 4. The molecule has 30 heavy (non-hydrogen) atoms. The van der Waals surface area contributed by atoms with Crippen LogP contribution in [-0.4, -0.2) is 52.4 Å². The van der Waals surface area contributed by atoms with Gasteiger partial charge in [0.1, 0.15) is 0 Å². The van der Waals surface area contributed by atoms with Gasteiger partial charge in [0, 0.05) is 48.9 Å². The lowest BCUT2D eigenvalue weighted by atomic mass is 10.2. The normalized spacial score (nSPS) is 17.9. The fraction of sp³-hybridized carbons (Fsp3) is 0.500. The third-order valence-electron chi connectivity index (χ3n) is 5.16. The van der Waals surface area contributed by atoms with Crippen LogP contribution in [0.15, 0.2) is 48.5 Å². The van der Waals surface area contributed by atoms with E-state index in [2.05, 4.69) is 80.4 Å². The molecule has 0 unspecified atom stereocenters. The van der Waals surface area contributed by atoms with Crippen LogP contribution in [0.1, 0.15) is 25.7 Å². The third kappa shape index (κ3) is 8.93. The molecule has 0 amide bonds. The van der Waals surface area contributed by atoms with Gasteiger partial charge in [-0.15, -0.1) is 0 Å². The summed E-state index contributed by atoms with van der Waals surface area (Å²) in [6, 6.07) is 17.2. The zero-order valence-electron chi connectivity index (χ0n) is 18.1. The lowest BCUT2D eigenvalue weighted by Gasteiger charge is -2.12. The predicted molar refractivity (Wildman–Crippen MR) is 131 cm³/mol. The molecule has 0 aromatic heterocycles. The number of hydrogen-bond acceptors (Lipinski definition) is 6. The van der Waals surface area contributed by atoms with Crippen LogP contribution < -0.4 is 31.9 Å². The highest BCUT2D eigenvalue weighted by Crippen LogP contribution is 2.16. The van der Waals surface area contributed by atoms with Crippen LogP contribution in [0.5, 0.6) is 0 Å². The van der Waals surface area contributed by atoms with E-state index in [0.29, 0.717) is 0 Å². The Kier molecular flexibility index (Phi) is 10.2. The number of hydrogen-bond donors (Lipinski definition) is 6. The minimum absolute atomic E-state index is 0.985. The van der Waals surface area contributed by atoms with Gasteiger partial charge in [-0.25, -0.2) is 0 Å². The summed E-state index contributed by atoms with van der Waals surface area (Å²) in [6.45, 7) is 8.09. The standard InChI is InChI=1S/C24H38N6/c1-7-21-19-22(8-1)28-16-4-12-26-14-6-18-30-24-10-2-9-23(20-24)29-17-5-13-25-11-3-15-27-21/h1-2,7-10,19-20,25-30H,3-6,11-18H2. The van der Waals surface area contributed by atoms with E-state index < -0.39 is 0 Å². The number of rotatable bonds is 0. The molecule has 1 aliphatic rings. The molecule has 3 rings (SSSR count). The van der Waals surface area contributed by atoms with Gasteiger partial charge in [0.25, 0.3) is 0 Å². The maximum absolute atomic E-state index is 3.54. The molecule has 164 valence electrons. The molecule has 6 nitrogen and oxygen atoms in total. The molecule has 6 N–H and O–H groups in total.